The van der Waals surface area contributed by atoms with E-state index in [1.165, 1.54) is 11.1 Å². The lowest BCUT2D eigenvalue weighted by molar-refractivity contribution is -0.131. The van der Waals surface area contributed by atoms with E-state index >= 15 is 0 Å². The number of carbonyl (C=O) groups excluding carboxylic acids is 2. The second kappa shape index (κ2) is 7.18. The van der Waals surface area contributed by atoms with Gasteiger partial charge in [-0.2, -0.15) is 5.10 Å². The molecule has 0 spiro atoms. The number of carbonyl (C=O) groups is 2. The molecule has 2 heterocycles. The van der Waals surface area contributed by atoms with Gasteiger partial charge in [-0.1, -0.05) is 29.8 Å². The standard InChI is InChI=1S/C21H26N4O2/c1-14-3-5-16(6-4-14)18-11-24(12-19(18)23-21(27)17-7-8-17)20(26)13-25-15(2)9-10-22-25/h3-6,9-10,17-19H,7-8,11-13H2,1-2H3,(H,23,27)/t18-,19+/m0/s1. The van der Waals surface area contributed by atoms with Crippen molar-refractivity contribution in [3.63, 3.8) is 0 Å². The maximum atomic E-state index is 12.8. The molecule has 2 fully saturated rings. The van der Waals surface area contributed by atoms with Crippen LogP contribution in [0.3, 0.4) is 0 Å². The zero-order valence-corrected chi connectivity index (χ0v) is 15.9. The number of hydrogen-bond donors (Lipinski definition) is 1. The van der Waals surface area contributed by atoms with Gasteiger partial charge in [0.05, 0.1) is 6.04 Å². The highest BCUT2D eigenvalue weighted by atomic mass is 16.2. The molecule has 6 heteroatoms. The van der Waals surface area contributed by atoms with Crippen LogP contribution in [0.2, 0.25) is 0 Å². The number of nitrogens with one attached hydrogen (secondary N) is 1. The first kappa shape index (κ1) is 17.8. The van der Waals surface area contributed by atoms with Crippen molar-refractivity contribution in [3.05, 3.63) is 53.3 Å². The van der Waals surface area contributed by atoms with Crippen molar-refractivity contribution >= 4 is 11.8 Å². The van der Waals surface area contributed by atoms with Crippen LogP contribution in [0, 0.1) is 19.8 Å². The summed E-state index contributed by atoms with van der Waals surface area (Å²) in [5.74, 6) is 0.465. The summed E-state index contributed by atoms with van der Waals surface area (Å²) in [6, 6.07) is 10.3. The van der Waals surface area contributed by atoms with Gasteiger partial charge in [-0.25, -0.2) is 0 Å². The van der Waals surface area contributed by atoms with Crippen LogP contribution >= 0.6 is 0 Å². The van der Waals surface area contributed by atoms with E-state index in [9.17, 15) is 9.59 Å². The molecule has 2 amide bonds. The van der Waals surface area contributed by atoms with Crippen LogP contribution in [-0.2, 0) is 16.1 Å². The Morgan fingerprint density at radius 1 is 1.11 bits per heavy atom. The molecule has 2 aromatic rings. The Morgan fingerprint density at radius 2 is 1.85 bits per heavy atom. The molecule has 1 aromatic heterocycles. The van der Waals surface area contributed by atoms with E-state index in [2.05, 4.69) is 41.6 Å². The first-order valence-electron chi connectivity index (χ1n) is 9.64. The number of aromatic nitrogens is 2. The van der Waals surface area contributed by atoms with Gasteiger partial charge in [-0.05, 0) is 38.3 Å². The number of likely N-dealkylation sites (tertiary alicyclic amines) is 1. The lowest BCUT2D eigenvalue weighted by Crippen LogP contribution is -2.41. The third-order valence-electron chi connectivity index (χ3n) is 5.67. The number of hydrogen-bond acceptors (Lipinski definition) is 3. The molecule has 1 aromatic carbocycles. The van der Waals surface area contributed by atoms with E-state index in [4.69, 9.17) is 0 Å². The minimum atomic E-state index is -0.0384. The lowest BCUT2D eigenvalue weighted by atomic mass is 9.93. The molecule has 1 saturated heterocycles. The van der Waals surface area contributed by atoms with Gasteiger partial charge in [0.1, 0.15) is 6.54 Å². The molecule has 2 aliphatic rings. The van der Waals surface area contributed by atoms with Crippen LogP contribution in [-0.4, -0.2) is 45.6 Å². The first-order valence-corrected chi connectivity index (χ1v) is 9.64. The van der Waals surface area contributed by atoms with Gasteiger partial charge in [0.15, 0.2) is 0 Å². The van der Waals surface area contributed by atoms with Crippen molar-refractivity contribution in [2.75, 3.05) is 13.1 Å². The number of aryl methyl sites for hydroxylation is 2. The highest BCUT2D eigenvalue weighted by Crippen LogP contribution is 2.32. The largest absolute Gasteiger partial charge is 0.351 e. The Hall–Kier alpha value is -2.63. The Kier molecular flexibility index (Phi) is 4.72. The second-order valence-electron chi connectivity index (χ2n) is 7.84. The van der Waals surface area contributed by atoms with Crippen molar-refractivity contribution in [2.24, 2.45) is 5.92 Å². The molecule has 1 aliphatic carbocycles. The van der Waals surface area contributed by atoms with Crippen molar-refractivity contribution in [1.82, 2.24) is 20.0 Å². The van der Waals surface area contributed by atoms with Crippen LogP contribution in [0.15, 0.2) is 36.5 Å². The van der Waals surface area contributed by atoms with Gasteiger partial charge in [-0.3, -0.25) is 14.3 Å². The van der Waals surface area contributed by atoms with E-state index in [0.717, 1.165) is 18.5 Å². The van der Waals surface area contributed by atoms with Gasteiger partial charge < -0.3 is 10.2 Å². The Labute approximate surface area is 159 Å². The number of nitrogens with zero attached hydrogens (tertiary/aromatic N) is 3. The molecule has 4 rings (SSSR count). The van der Waals surface area contributed by atoms with E-state index in [-0.39, 0.29) is 36.2 Å². The van der Waals surface area contributed by atoms with Gasteiger partial charge in [0.2, 0.25) is 11.8 Å². The molecule has 142 valence electrons. The minimum absolute atomic E-state index is 0.0384. The molecule has 0 unspecified atom stereocenters. The normalized spacial score (nSPS) is 22.1. The smallest absolute Gasteiger partial charge is 0.244 e. The van der Waals surface area contributed by atoms with Gasteiger partial charge in [-0.15, -0.1) is 0 Å². The summed E-state index contributed by atoms with van der Waals surface area (Å²) in [4.78, 5) is 27.0. The summed E-state index contributed by atoms with van der Waals surface area (Å²) >= 11 is 0. The van der Waals surface area contributed by atoms with E-state index in [0.29, 0.717) is 13.1 Å². The topological polar surface area (TPSA) is 67.2 Å². The first-order chi connectivity index (χ1) is 13.0. The molecule has 2 atom stereocenters. The van der Waals surface area contributed by atoms with E-state index in [1.807, 2.05) is 17.9 Å². The van der Waals surface area contributed by atoms with E-state index < -0.39 is 0 Å². The molecule has 1 N–H and O–H groups in total. The maximum absolute atomic E-state index is 12.8. The summed E-state index contributed by atoms with van der Waals surface area (Å²) in [6.07, 6.45) is 3.67. The monoisotopic (exact) mass is 366 g/mol. The Balaban J connectivity index is 1.50. The minimum Gasteiger partial charge on any atom is -0.351 e. The molecular formula is C21H26N4O2. The molecule has 1 saturated carbocycles. The van der Waals surface area contributed by atoms with Crippen molar-refractivity contribution in [3.8, 4) is 0 Å². The highest BCUT2D eigenvalue weighted by molar-refractivity contribution is 5.82. The molecule has 0 radical (unpaired) electrons. The number of rotatable bonds is 5. The van der Waals surface area contributed by atoms with Crippen LogP contribution in [0.5, 0.6) is 0 Å². The zero-order valence-electron chi connectivity index (χ0n) is 15.9. The quantitative estimate of drug-likeness (QED) is 0.880. The third kappa shape index (κ3) is 3.89. The Morgan fingerprint density at radius 3 is 2.48 bits per heavy atom. The average Bonchev–Trinajstić information content (AvgIpc) is 3.31. The van der Waals surface area contributed by atoms with Crippen LogP contribution in [0.1, 0.15) is 35.6 Å². The second-order valence-corrected chi connectivity index (χ2v) is 7.84. The summed E-state index contributed by atoms with van der Waals surface area (Å²) < 4.78 is 1.72. The molecule has 6 nitrogen and oxygen atoms in total. The van der Waals surface area contributed by atoms with Gasteiger partial charge in [0.25, 0.3) is 0 Å². The summed E-state index contributed by atoms with van der Waals surface area (Å²) in [6.45, 7) is 5.42. The lowest BCUT2D eigenvalue weighted by Gasteiger charge is -2.20. The number of benzene rings is 1. The van der Waals surface area contributed by atoms with Crippen LogP contribution < -0.4 is 5.32 Å². The number of amides is 2. The Bertz CT molecular complexity index is 838. The predicted molar refractivity (Wildman–Crippen MR) is 102 cm³/mol. The van der Waals surface area contributed by atoms with Crippen molar-refractivity contribution in [1.29, 1.82) is 0 Å². The third-order valence-corrected chi connectivity index (χ3v) is 5.67. The molecule has 27 heavy (non-hydrogen) atoms. The zero-order chi connectivity index (χ0) is 19.0. The summed E-state index contributed by atoms with van der Waals surface area (Å²) in [5.41, 5.74) is 3.35. The van der Waals surface area contributed by atoms with Crippen LogP contribution in [0.4, 0.5) is 0 Å². The highest BCUT2D eigenvalue weighted by Gasteiger charge is 2.39. The van der Waals surface area contributed by atoms with E-state index in [1.54, 1.807) is 10.9 Å². The van der Waals surface area contributed by atoms with Crippen molar-refractivity contribution in [2.45, 2.75) is 45.2 Å². The fourth-order valence-corrected chi connectivity index (χ4v) is 3.74. The van der Waals surface area contributed by atoms with Gasteiger partial charge >= 0.3 is 0 Å². The van der Waals surface area contributed by atoms with Gasteiger partial charge in [0, 0.05) is 36.8 Å². The fraction of sp³-hybridized carbons (Fsp3) is 0.476. The van der Waals surface area contributed by atoms with Crippen LogP contribution in [0.25, 0.3) is 0 Å². The maximum Gasteiger partial charge on any atom is 0.244 e. The molecule has 0 bridgehead atoms. The molecular weight excluding hydrogens is 340 g/mol. The SMILES string of the molecule is Cc1ccc([C@@H]2CN(C(=O)Cn3nccc3C)C[C@H]2NC(=O)C2CC2)cc1. The van der Waals surface area contributed by atoms with Crippen molar-refractivity contribution < 1.29 is 9.59 Å². The predicted octanol–water partition coefficient (Wildman–Crippen LogP) is 2.02. The molecule has 1 aliphatic heterocycles. The fourth-order valence-electron chi connectivity index (χ4n) is 3.74. The summed E-state index contributed by atoms with van der Waals surface area (Å²) in [7, 11) is 0. The average molecular weight is 366 g/mol. The summed E-state index contributed by atoms with van der Waals surface area (Å²) in [5, 5.41) is 7.42.